The number of hydrogen-bond acceptors (Lipinski definition) is 5. The average molecular weight is 416 g/mol. The van der Waals surface area contributed by atoms with Gasteiger partial charge in [0.05, 0.1) is 6.61 Å². The highest BCUT2D eigenvalue weighted by Gasteiger charge is 2.44. The molecule has 7 heteroatoms. The lowest BCUT2D eigenvalue weighted by molar-refractivity contribution is 0.0648. The second kappa shape index (κ2) is 7.68. The predicted molar refractivity (Wildman–Crippen MR) is 120 cm³/mol. The van der Waals surface area contributed by atoms with Crippen LogP contribution in [0.15, 0.2) is 54.6 Å². The van der Waals surface area contributed by atoms with Gasteiger partial charge in [-0.05, 0) is 46.8 Å². The van der Waals surface area contributed by atoms with Gasteiger partial charge in [-0.15, -0.1) is 0 Å². The molecule has 0 aromatic heterocycles. The van der Waals surface area contributed by atoms with Crippen LogP contribution in [0.2, 0.25) is 0 Å². The van der Waals surface area contributed by atoms with E-state index >= 15 is 0 Å². The first-order valence-electron chi connectivity index (χ1n) is 10.7. The van der Waals surface area contributed by atoms with Crippen molar-refractivity contribution in [3.8, 4) is 5.75 Å². The highest BCUT2D eigenvalue weighted by Crippen LogP contribution is 2.46. The lowest BCUT2D eigenvalue weighted by atomic mass is 9.74. The molecule has 0 unspecified atom stereocenters. The molecule has 1 saturated heterocycles. The van der Waals surface area contributed by atoms with Crippen LogP contribution in [-0.4, -0.2) is 47.7 Å². The van der Waals surface area contributed by atoms with E-state index in [1.54, 1.807) is 18.2 Å². The van der Waals surface area contributed by atoms with Gasteiger partial charge in [0, 0.05) is 36.2 Å². The molecule has 6 nitrogen and oxygen atoms in total. The number of amides is 1. The van der Waals surface area contributed by atoms with Gasteiger partial charge in [0.25, 0.3) is 5.91 Å². The van der Waals surface area contributed by atoms with Gasteiger partial charge in [0.1, 0.15) is 5.75 Å². The summed E-state index contributed by atoms with van der Waals surface area (Å²) in [5.74, 6) is 0.945. The Bertz CT molecular complexity index is 1160. The smallest absolute Gasteiger partial charge is 0.488 e. The number of likely N-dealkylation sites (tertiary alicyclic amines) is 1. The van der Waals surface area contributed by atoms with Crippen molar-refractivity contribution in [3.63, 3.8) is 0 Å². The third kappa shape index (κ3) is 3.39. The van der Waals surface area contributed by atoms with Gasteiger partial charge >= 0.3 is 7.12 Å². The second-order valence-electron chi connectivity index (χ2n) is 8.56. The molecule has 2 aliphatic rings. The molecule has 0 aliphatic carbocycles. The summed E-state index contributed by atoms with van der Waals surface area (Å²) in [6.45, 7) is 2.49. The van der Waals surface area contributed by atoms with Gasteiger partial charge in [-0.25, -0.2) is 0 Å². The first-order valence-corrected chi connectivity index (χ1v) is 10.7. The Kier molecular flexibility index (Phi) is 4.97. The van der Waals surface area contributed by atoms with E-state index in [4.69, 9.17) is 10.5 Å². The van der Waals surface area contributed by atoms with Crippen LogP contribution in [0, 0.1) is 0 Å². The number of nitrogens with two attached hydrogens (primary N) is 1. The van der Waals surface area contributed by atoms with Gasteiger partial charge in [0.2, 0.25) is 0 Å². The zero-order valence-corrected chi connectivity index (χ0v) is 17.3. The maximum Gasteiger partial charge on any atom is 0.488 e. The summed E-state index contributed by atoms with van der Waals surface area (Å²) in [6.07, 6.45) is 1.71. The van der Waals surface area contributed by atoms with E-state index in [1.807, 2.05) is 35.2 Å². The van der Waals surface area contributed by atoms with Crippen molar-refractivity contribution in [2.24, 2.45) is 5.73 Å². The number of rotatable bonds is 3. The van der Waals surface area contributed by atoms with Crippen LogP contribution in [0.4, 0.5) is 0 Å². The molecule has 158 valence electrons. The number of piperidine rings is 1. The van der Waals surface area contributed by atoms with Gasteiger partial charge in [-0.1, -0.05) is 42.5 Å². The molecule has 1 spiro atoms. The van der Waals surface area contributed by atoms with E-state index in [1.165, 1.54) is 5.56 Å². The summed E-state index contributed by atoms with van der Waals surface area (Å²) in [5, 5.41) is 20.5. The quantitative estimate of drug-likeness (QED) is 0.563. The topological polar surface area (TPSA) is 96.0 Å². The average Bonchev–Trinajstić information content (AvgIpc) is 3.15. The van der Waals surface area contributed by atoms with Crippen molar-refractivity contribution in [1.82, 2.24) is 4.90 Å². The lowest BCUT2D eigenvalue weighted by Gasteiger charge is -2.38. The first kappa shape index (κ1) is 20.1. The normalized spacial score (nSPS) is 16.9. The molecular formula is C24H25BN2O4. The first-order chi connectivity index (χ1) is 15.0. The molecule has 0 bridgehead atoms. The van der Waals surface area contributed by atoms with E-state index in [-0.39, 0.29) is 11.3 Å². The summed E-state index contributed by atoms with van der Waals surface area (Å²) in [6, 6.07) is 16.9. The molecule has 0 atom stereocenters. The van der Waals surface area contributed by atoms with E-state index in [0.29, 0.717) is 37.3 Å². The van der Waals surface area contributed by atoms with Crippen LogP contribution in [0.1, 0.15) is 34.3 Å². The second-order valence-corrected chi connectivity index (χ2v) is 8.56. The third-order valence-corrected chi connectivity index (χ3v) is 6.80. The van der Waals surface area contributed by atoms with E-state index in [0.717, 1.165) is 34.9 Å². The molecular weight excluding hydrogens is 391 g/mol. The Morgan fingerprint density at radius 2 is 1.90 bits per heavy atom. The highest BCUT2D eigenvalue weighted by molar-refractivity contribution is 6.58. The fraction of sp³-hybridized carbons (Fsp3) is 0.292. The fourth-order valence-corrected chi connectivity index (χ4v) is 4.91. The van der Waals surface area contributed by atoms with Crippen molar-refractivity contribution in [2.45, 2.75) is 24.8 Å². The predicted octanol–water partition coefficient (Wildman–Crippen LogP) is 1.54. The van der Waals surface area contributed by atoms with E-state index in [9.17, 15) is 14.8 Å². The SMILES string of the molecule is NCc1ccc2c(c1)C1(CCN(C(=O)c3cccc4cc(B(O)O)ccc34)CC1)CO2. The Balaban J connectivity index is 1.38. The van der Waals surface area contributed by atoms with Crippen molar-refractivity contribution in [3.05, 3.63) is 71.3 Å². The molecule has 1 fully saturated rings. The van der Waals surface area contributed by atoms with E-state index in [2.05, 4.69) is 6.07 Å². The Hall–Kier alpha value is -2.87. The van der Waals surface area contributed by atoms with Crippen LogP contribution in [0.5, 0.6) is 5.75 Å². The molecule has 2 heterocycles. The van der Waals surface area contributed by atoms with Crippen LogP contribution < -0.4 is 15.9 Å². The van der Waals surface area contributed by atoms with Gasteiger partial charge in [-0.3, -0.25) is 4.79 Å². The van der Waals surface area contributed by atoms with Gasteiger partial charge in [0.15, 0.2) is 0 Å². The monoisotopic (exact) mass is 416 g/mol. The van der Waals surface area contributed by atoms with Crippen LogP contribution in [0.3, 0.4) is 0 Å². The maximum absolute atomic E-state index is 13.4. The summed E-state index contributed by atoms with van der Waals surface area (Å²) in [7, 11) is -1.53. The largest absolute Gasteiger partial charge is 0.492 e. The fourth-order valence-electron chi connectivity index (χ4n) is 4.91. The van der Waals surface area contributed by atoms with Crippen LogP contribution in [-0.2, 0) is 12.0 Å². The summed E-state index contributed by atoms with van der Waals surface area (Å²) in [5.41, 5.74) is 9.16. The Morgan fingerprint density at radius 3 is 2.65 bits per heavy atom. The van der Waals surface area contributed by atoms with Crippen molar-refractivity contribution in [2.75, 3.05) is 19.7 Å². The minimum absolute atomic E-state index is 0.00703. The molecule has 3 aromatic carbocycles. The van der Waals surface area contributed by atoms with Crippen molar-refractivity contribution < 1.29 is 19.6 Å². The number of benzene rings is 3. The lowest BCUT2D eigenvalue weighted by Crippen LogP contribution is -2.46. The molecule has 31 heavy (non-hydrogen) atoms. The standard InChI is InChI=1S/C24H25BN2O4/c26-14-16-4-7-22-21(12-16)24(15-31-22)8-10-27(11-9-24)23(28)20-3-1-2-17-13-18(25(29)30)5-6-19(17)20/h1-7,12-13,29-30H,8-11,14-15,26H2. The molecule has 0 radical (unpaired) electrons. The van der Waals surface area contributed by atoms with Gasteiger partial charge < -0.3 is 25.4 Å². The number of nitrogens with zero attached hydrogens (tertiary/aromatic N) is 1. The minimum Gasteiger partial charge on any atom is -0.492 e. The number of carbonyl (C=O) groups excluding carboxylic acids is 1. The van der Waals surface area contributed by atoms with Crippen LogP contribution in [0.25, 0.3) is 10.8 Å². The molecule has 3 aromatic rings. The summed E-state index contributed by atoms with van der Waals surface area (Å²) >= 11 is 0. The summed E-state index contributed by atoms with van der Waals surface area (Å²) in [4.78, 5) is 15.3. The number of hydrogen-bond donors (Lipinski definition) is 3. The molecule has 4 N–H and O–H groups in total. The third-order valence-electron chi connectivity index (χ3n) is 6.80. The molecule has 2 aliphatic heterocycles. The number of ether oxygens (including phenoxy) is 1. The molecule has 0 saturated carbocycles. The van der Waals surface area contributed by atoms with Crippen molar-refractivity contribution >= 4 is 29.3 Å². The van der Waals surface area contributed by atoms with Crippen molar-refractivity contribution in [1.29, 1.82) is 0 Å². The number of carbonyl (C=O) groups is 1. The van der Waals surface area contributed by atoms with Crippen LogP contribution >= 0.6 is 0 Å². The Labute approximate surface area is 181 Å². The molecule has 1 amide bonds. The van der Waals surface area contributed by atoms with E-state index < -0.39 is 7.12 Å². The highest BCUT2D eigenvalue weighted by atomic mass is 16.5. The molecule has 5 rings (SSSR count). The zero-order valence-electron chi connectivity index (χ0n) is 17.3. The zero-order chi connectivity index (χ0) is 21.6. The number of fused-ring (bicyclic) bond motifs is 3. The maximum atomic E-state index is 13.4. The summed E-state index contributed by atoms with van der Waals surface area (Å²) < 4.78 is 5.97. The Morgan fingerprint density at radius 1 is 1.10 bits per heavy atom. The van der Waals surface area contributed by atoms with Gasteiger partial charge in [-0.2, -0.15) is 0 Å². The minimum atomic E-state index is -1.53.